The van der Waals surface area contributed by atoms with Crippen LogP contribution in [-0.4, -0.2) is 42.6 Å². The van der Waals surface area contributed by atoms with E-state index in [1.165, 1.54) is 17.0 Å². The van der Waals surface area contributed by atoms with Crippen LogP contribution in [0.15, 0.2) is 29.2 Å². The number of aryl methyl sites for hydroxylation is 1. The number of rotatable bonds is 8. The van der Waals surface area contributed by atoms with Crippen molar-refractivity contribution in [2.75, 3.05) is 13.1 Å². The molecule has 138 valence electrons. The molecule has 1 saturated heterocycles. The SMILES string of the molecule is CCC[C@H](CC)CCN1C(=N)N(S(=O)(=O)c2ccc(C)cc2)CC1=O. The van der Waals surface area contributed by atoms with E-state index in [2.05, 4.69) is 13.8 Å². The van der Waals surface area contributed by atoms with Crippen molar-refractivity contribution in [3.63, 3.8) is 0 Å². The van der Waals surface area contributed by atoms with E-state index in [1.807, 2.05) is 6.92 Å². The molecule has 1 N–H and O–H groups in total. The summed E-state index contributed by atoms with van der Waals surface area (Å²) in [5.74, 6) is -0.0719. The second-order valence-electron chi connectivity index (χ2n) is 6.55. The maximum Gasteiger partial charge on any atom is 0.267 e. The lowest BCUT2D eigenvalue weighted by molar-refractivity contribution is -0.125. The van der Waals surface area contributed by atoms with Crippen LogP contribution in [0.4, 0.5) is 0 Å². The number of nitrogens with one attached hydrogen (secondary N) is 1. The Morgan fingerprint density at radius 1 is 1.16 bits per heavy atom. The zero-order chi connectivity index (χ0) is 18.6. The fraction of sp³-hybridized carbons (Fsp3) is 0.556. The van der Waals surface area contributed by atoms with E-state index in [4.69, 9.17) is 5.41 Å². The third-order valence-electron chi connectivity index (χ3n) is 4.72. The Morgan fingerprint density at radius 3 is 2.36 bits per heavy atom. The Labute approximate surface area is 150 Å². The summed E-state index contributed by atoms with van der Waals surface area (Å²) in [6.07, 6.45) is 3.97. The Bertz CT molecular complexity index is 728. The van der Waals surface area contributed by atoms with Gasteiger partial charge in [-0.2, -0.15) is 0 Å². The van der Waals surface area contributed by atoms with E-state index in [0.717, 1.165) is 35.6 Å². The predicted octanol–water partition coefficient (Wildman–Crippen LogP) is 2.98. The summed E-state index contributed by atoms with van der Waals surface area (Å²) >= 11 is 0. The van der Waals surface area contributed by atoms with Crippen molar-refractivity contribution < 1.29 is 13.2 Å². The molecule has 0 radical (unpaired) electrons. The highest BCUT2D eigenvalue weighted by molar-refractivity contribution is 7.89. The van der Waals surface area contributed by atoms with Crippen molar-refractivity contribution in [2.24, 2.45) is 5.92 Å². The van der Waals surface area contributed by atoms with Crippen molar-refractivity contribution in [1.82, 2.24) is 9.21 Å². The van der Waals surface area contributed by atoms with E-state index in [9.17, 15) is 13.2 Å². The van der Waals surface area contributed by atoms with Gasteiger partial charge in [0.25, 0.3) is 10.0 Å². The molecule has 0 aromatic heterocycles. The second kappa shape index (κ2) is 7.99. The maximum atomic E-state index is 12.8. The monoisotopic (exact) mass is 365 g/mol. The van der Waals surface area contributed by atoms with Crippen LogP contribution in [0.2, 0.25) is 0 Å². The minimum atomic E-state index is -3.88. The van der Waals surface area contributed by atoms with Gasteiger partial charge >= 0.3 is 0 Å². The molecule has 1 atom stereocenters. The molecule has 7 heteroatoms. The van der Waals surface area contributed by atoms with E-state index in [-0.39, 0.29) is 23.3 Å². The number of sulfonamides is 1. The van der Waals surface area contributed by atoms with Crippen LogP contribution in [0, 0.1) is 18.3 Å². The number of benzene rings is 1. The number of hydrogen-bond acceptors (Lipinski definition) is 4. The molecular formula is C18H27N3O3S. The molecule has 0 aliphatic carbocycles. The molecule has 1 aromatic rings. The minimum Gasteiger partial charge on any atom is -0.280 e. The lowest BCUT2D eigenvalue weighted by Gasteiger charge is -2.22. The maximum absolute atomic E-state index is 12.8. The van der Waals surface area contributed by atoms with Crippen LogP contribution in [0.1, 0.15) is 45.1 Å². The van der Waals surface area contributed by atoms with Crippen molar-refractivity contribution >= 4 is 21.9 Å². The van der Waals surface area contributed by atoms with E-state index < -0.39 is 10.0 Å². The average molecular weight is 365 g/mol. The summed E-state index contributed by atoms with van der Waals surface area (Å²) in [5, 5.41) is 8.20. The number of guanidine groups is 1. The van der Waals surface area contributed by atoms with Gasteiger partial charge in [-0.25, -0.2) is 12.7 Å². The number of nitrogens with zero attached hydrogens (tertiary/aromatic N) is 2. The molecule has 1 aliphatic rings. The number of carbonyl (C=O) groups excluding carboxylic acids is 1. The van der Waals surface area contributed by atoms with Gasteiger partial charge in [0.2, 0.25) is 11.9 Å². The zero-order valence-corrected chi connectivity index (χ0v) is 16.0. The van der Waals surface area contributed by atoms with Gasteiger partial charge in [-0.15, -0.1) is 0 Å². The van der Waals surface area contributed by atoms with Gasteiger partial charge in [0, 0.05) is 6.54 Å². The summed E-state index contributed by atoms with van der Waals surface area (Å²) < 4.78 is 26.4. The van der Waals surface area contributed by atoms with Gasteiger partial charge in [-0.3, -0.25) is 15.1 Å². The fourth-order valence-corrected chi connectivity index (χ4v) is 4.42. The smallest absolute Gasteiger partial charge is 0.267 e. The quantitative estimate of drug-likeness (QED) is 0.769. The Morgan fingerprint density at radius 2 is 1.80 bits per heavy atom. The van der Waals surface area contributed by atoms with Crippen LogP contribution in [0.3, 0.4) is 0 Å². The van der Waals surface area contributed by atoms with Crippen LogP contribution < -0.4 is 0 Å². The van der Waals surface area contributed by atoms with E-state index in [0.29, 0.717) is 12.5 Å². The highest BCUT2D eigenvalue weighted by Gasteiger charge is 2.40. The molecule has 1 aliphatic heterocycles. The molecule has 1 heterocycles. The van der Waals surface area contributed by atoms with Crippen molar-refractivity contribution in [1.29, 1.82) is 5.41 Å². The predicted molar refractivity (Wildman–Crippen MR) is 97.8 cm³/mol. The van der Waals surface area contributed by atoms with Gasteiger partial charge in [0.15, 0.2) is 0 Å². The van der Waals surface area contributed by atoms with Gasteiger partial charge in [0.05, 0.1) is 4.90 Å². The molecule has 1 aromatic carbocycles. The molecule has 25 heavy (non-hydrogen) atoms. The van der Waals surface area contributed by atoms with Crippen molar-refractivity contribution in [3.05, 3.63) is 29.8 Å². The number of carbonyl (C=O) groups is 1. The third kappa shape index (κ3) is 4.21. The minimum absolute atomic E-state index is 0.106. The molecule has 6 nitrogen and oxygen atoms in total. The molecule has 2 rings (SSSR count). The normalized spacial score (nSPS) is 16.6. The van der Waals surface area contributed by atoms with Gasteiger partial charge in [-0.1, -0.05) is 50.8 Å². The highest BCUT2D eigenvalue weighted by atomic mass is 32.2. The van der Waals surface area contributed by atoms with Crippen LogP contribution >= 0.6 is 0 Å². The standard InChI is InChI=1S/C18H27N3O3S/c1-4-6-15(5-2)11-12-20-17(22)13-21(18(20)19)25(23,24)16-9-7-14(3)8-10-16/h7-10,15,19H,4-6,11-13H2,1-3H3/t15-/m0/s1. The highest BCUT2D eigenvalue weighted by Crippen LogP contribution is 2.23. The van der Waals surface area contributed by atoms with Crippen LogP contribution in [0.5, 0.6) is 0 Å². The van der Waals surface area contributed by atoms with Crippen molar-refractivity contribution in [3.8, 4) is 0 Å². The van der Waals surface area contributed by atoms with Gasteiger partial charge in [-0.05, 0) is 31.4 Å². The fourth-order valence-electron chi connectivity index (χ4n) is 3.08. The molecule has 0 bridgehead atoms. The summed E-state index contributed by atoms with van der Waals surface area (Å²) in [6.45, 7) is 6.23. The third-order valence-corrected chi connectivity index (χ3v) is 6.47. The van der Waals surface area contributed by atoms with Crippen LogP contribution in [-0.2, 0) is 14.8 Å². The first-order valence-corrected chi connectivity index (χ1v) is 10.2. The molecule has 0 saturated carbocycles. The first-order chi connectivity index (χ1) is 11.8. The zero-order valence-electron chi connectivity index (χ0n) is 15.2. The number of hydrogen-bond donors (Lipinski definition) is 1. The first kappa shape index (κ1) is 19.4. The molecule has 1 amide bonds. The molecular weight excluding hydrogens is 338 g/mol. The van der Waals surface area contributed by atoms with Crippen LogP contribution in [0.25, 0.3) is 0 Å². The van der Waals surface area contributed by atoms with E-state index in [1.54, 1.807) is 12.1 Å². The van der Waals surface area contributed by atoms with Crippen molar-refractivity contribution in [2.45, 2.75) is 51.3 Å². The molecule has 1 fully saturated rings. The molecule has 0 spiro atoms. The Kier molecular flexibility index (Phi) is 6.21. The Balaban J connectivity index is 2.13. The summed E-state index contributed by atoms with van der Waals surface area (Å²) in [4.78, 5) is 13.7. The average Bonchev–Trinajstić information content (AvgIpc) is 2.87. The summed E-state index contributed by atoms with van der Waals surface area (Å²) in [5.41, 5.74) is 0.953. The molecule has 0 unspecified atom stereocenters. The van der Waals surface area contributed by atoms with Gasteiger partial charge < -0.3 is 0 Å². The lowest BCUT2D eigenvalue weighted by Crippen LogP contribution is -2.38. The summed E-state index contributed by atoms with van der Waals surface area (Å²) in [6, 6.07) is 6.45. The van der Waals surface area contributed by atoms with Gasteiger partial charge in [0.1, 0.15) is 6.54 Å². The first-order valence-electron chi connectivity index (χ1n) is 8.79. The number of amides is 1. The summed E-state index contributed by atoms with van der Waals surface area (Å²) in [7, 11) is -3.88. The van der Waals surface area contributed by atoms with E-state index >= 15 is 0 Å². The topological polar surface area (TPSA) is 81.5 Å². The largest absolute Gasteiger partial charge is 0.280 e. The Hall–Kier alpha value is -1.89. The second-order valence-corrected chi connectivity index (χ2v) is 8.41. The lowest BCUT2D eigenvalue weighted by atomic mass is 9.97.